The molecule has 0 spiro atoms. The molecule has 1 saturated carbocycles. The molecule has 10 heteroatoms. The number of halogens is 1. The first-order valence-corrected chi connectivity index (χ1v) is 7.65. The van der Waals surface area contributed by atoms with Crippen LogP contribution in [0.5, 0.6) is 0 Å². The lowest BCUT2D eigenvalue weighted by Gasteiger charge is -2.09. The van der Waals surface area contributed by atoms with E-state index < -0.39 is 27.3 Å². The number of rotatable bonds is 6. The SMILES string of the molecule is O=C(Nc1cc([N+](=O)[O-])ccc1F)c1ccc(NC2CC2)c([N+](=O)[O-])c1. The van der Waals surface area contributed by atoms with Gasteiger partial charge in [-0.05, 0) is 31.0 Å². The summed E-state index contributed by atoms with van der Waals surface area (Å²) in [7, 11) is 0. The van der Waals surface area contributed by atoms with E-state index in [2.05, 4.69) is 10.6 Å². The number of benzene rings is 2. The second kappa shape index (κ2) is 6.75. The molecule has 2 N–H and O–H groups in total. The monoisotopic (exact) mass is 360 g/mol. The number of anilines is 2. The fraction of sp³-hybridized carbons (Fsp3) is 0.188. The van der Waals surface area contributed by atoms with E-state index in [-0.39, 0.29) is 23.0 Å². The van der Waals surface area contributed by atoms with Crippen LogP contribution in [0.3, 0.4) is 0 Å². The van der Waals surface area contributed by atoms with Gasteiger partial charge in [-0.3, -0.25) is 25.0 Å². The van der Waals surface area contributed by atoms with Gasteiger partial charge in [0.05, 0.1) is 15.5 Å². The van der Waals surface area contributed by atoms with Gasteiger partial charge in [0, 0.05) is 29.8 Å². The summed E-state index contributed by atoms with van der Waals surface area (Å²) in [5.74, 6) is -1.67. The Morgan fingerprint density at radius 3 is 2.38 bits per heavy atom. The first kappa shape index (κ1) is 17.3. The smallest absolute Gasteiger partial charge is 0.293 e. The van der Waals surface area contributed by atoms with Crippen molar-refractivity contribution in [3.63, 3.8) is 0 Å². The van der Waals surface area contributed by atoms with Crippen molar-refractivity contribution in [1.82, 2.24) is 0 Å². The highest BCUT2D eigenvalue weighted by atomic mass is 19.1. The van der Waals surface area contributed by atoms with Crippen LogP contribution in [0.15, 0.2) is 36.4 Å². The van der Waals surface area contributed by atoms with Crippen LogP contribution in [0.2, 0.25) is 0 Å². The highest BCUT2D eigenvalue weighted by Gasteiger charge is 2.25. The molecule has 1 amide bonds. The molecule has 0 heterocycles. The van der Waals surface area contributed by atoms with E-state index in [0.717, 1.165) is 37.1 Å². The van der Waals surface area contributed by atoms with Crippen molar-refractivity contribution < 1.29 is 19.0 Å². The van der Waals surface area contributed by atoms with Crippen LogP contribution in [-0.4, -0.2) is 21.8 Å². The molecule has 0 aliphatic heterocycles. The van der Waals surface area contributed by atoms with Gasteiger partial charge in [0.15, 0.2) is 0 Å². The summed E-state index contributed by atoms with van der Waals surface area (Å²) in [6.07, 6.45) is 1.84. The Labute approximate surface area is 146 Å². The minimum Gasteiger partial charge on any atom is -0.377 e. The van der Waals surface area contributed by atoms with Crippen molar-refractivity contribution in [2.24, 2.45) is 0 Å². The van der Waals surface area contributed by atoms with Crippen molar-refractivity contribution in [1.29, 1.82) is 0 Å². The van der Waals surface area contributed by atoms with Gasteiger partial charge in [-0.25, -0.2) is 4.39 Å². The average Bonchev–Trinajstić information content (AvgIpc) is 3.40. The van der Waals surface area contributed by atoms with Gasteiger partial charge in [0.25, 0.3) is 17.3 Å². The summed E-state index contributed by atoms with van der Waals surface area (Å²) in [4.78, 5) is 32.9. The standard InChI is InChI=1S/C16H13FN4O5/c17-12-5-4-11(20(23)24)8-14(12)19-16(22)9-1-6-13(18-10-2-3-10)15(7-9)21(25)26/h1,4-8,10,18H,2-3H2,(H,19,22). The number of carbonyl (C=O) groups is 1. The molecule has 0 bridgehead atoms. The number of hydrogen-bond donors (Lipinski definition) is 2. The van der Waals surface area contributed by atoms with E-state index in [1.54, 1.807) is 0 Å². The fourth-order valence-corrected chi connectivity index (χ4v) is 2.31. The van der Waals surface area contributed by atoms with Gasteiger partial charge in [-0.1, -0.05) is 0 Å². The van der Waals surface area contributed by atoms with Crippen molar-refractivity contribution in [3.8, 4) is 0 Å². The van der Waals surface area contributed by atoms with Crippen LogP contribution >= 0.6 is 0 Å². The second-order valence-electron chi connectivity index (χ2n) is 5.78. The van der Waals surface area contributed by atoms with Gasteiger partial charge in [0.1, 0.15) is 11.5 Å². The number of nitro benzene ring substituents is 2. The van der Waals surface area contributed by atoms with E-state index in [4.69, 9.17) is 0 Å². The maximum atomic E-state index is 13.8. The highest BCUT2D eigenvalue weighted by molar-refractivity contribution is 6.05. The normalized spacial score (nSPS) is 13.1. The number of amides is 1. The lowest BCUT2D eigenvalue weighted by molar-refractivity contribution is -0.384. The van der Waals surface area contributed by atoms with E-state index in [1.807, 2.05) is 0 Å². The Morgan fingerprint density at radius 2 is 1.77 bits per heavy atom. The zero-order valence-electron chi connectivity index (χ0n) is 13.3. The fourth-order valence-electron chi connectivity index (χ4n) is 2.31. The minimum atomic E-state index is -0.856. The third-order valence-corrected chi connectivity index (χ3v) is 3.80. The Kier molecular flexibility index (Phi) is 4.48. The number of hydrogen-bond acceptors (Lipinski definition) is 6. The zero-order valence-corrected chi connectivity index (χ0v) is 13.3. The van der Waals surface area contributed by atoms with Crippen molar-refractivity contribution >= 4 is 28.7 Å². The molecule has 1 aliphatic rings. The number of non-ortho nitro benzene ring substituents is 1. The molecule has 2 aromatic rings. The summed E-state index contributed by atoms with van der Waals surface area (Å²) in [6, 6.07) is 6.75. The topological polar surface area (TPSA) is 127 Å². The van der Waals surface area contributed by atoms with E-state index in [9.17, 15) is 29.4 Å². The second-order valence-corrected chi connectivity index (χ2v) is 5.78. The average molecular weight is 360 g/mol. The number of nitro groups is 2. The lowest BCUT2D eigenvalue weighted by atomic mass is 10.1. The van der Waals surface area contributed by atoms with Gasteiger partial charge in [-0.2, -0.15) is 0 Å². The molecule has 0 radical (unpaired) electrons. The maximum absolute atomic E-state index is 13.8. The summed E-state index contributed by atoms with van der Waals surface area (Å²) in [5.41, 5.74) is -0.813. The van der Waals surface area contributed by atoms with E-state index >= 15 is 0 Å². The molecule has 1 fully saturated rings. The predicted octanol–water partition coefficient (Wildman–Crippen LogP) is 3.47. The Bertz CT molecular complexity index is 914. The van der Waals surface area contributed by atoms with Gasteiger partial charge >= 0.3 is 0 Å². The summed E-state index contributed by atoms with van der Waals surface area (Å²) >= 11 is 0. The highest BCUT2D eigenvalue weighted by Crippen LogP contribution is 2.32. The molecule has 134 valence electrons. The van der Waals surface area contributed by atoms with E-state index in [1.165, 1.54) is 12.1 Å². The molecule has 0 saturated heterocycles. The summed E-state index contributed by atoms with van der Waals surface area (Å²) in [5, 5.41) is 27.2. The van der Waals surface area contributed by atoms with Crippen LogP contribution in [0.4, 0.5) is 27.1 Å². The maximum Gasteiger partial charge on any atom is 0.293 e. The first-order valence-electron chi connectivity index (χ1n) is 7.65. The molecular weight excluding hydrogens is 347 g/mol. The molecule has 9 nitrogen and oxygen atoms in total. The molecule has 0 aromatic heterocycles. The Hall–Kier alpha value is -3.56. The van der Waals surface area contributed by atoms with Crippen molar-refractivity contribution in [2.75, 3.05) is 10.6 Å². The van der Waals surface area contributed by atoms with Gasteiger partial charge in [0.2, 0.25) is 0 Å². The van der Waals surface area contributed by atoms with Crippen molar-refractivity contribution in [2.45, 2.75) is 18.9 Å². The van der Waals surface area contributed by atoms with Crippen LogP contribution in [0, 0.1) is 26.0 Å². The number of nitrogens with zero attached hydrogens (tertiary/aromatic N) is 2. The Balaban J connectivity index is 1.85. The molecule has 26 heavy (non-hydrogen) atoms. The molecule has 2 aromatic carbocycles. The van der Waals surface area contributed by atoms with Gasteiger partial charge in [-0.15, -0.1) is 0 Å². The quantitative estimate of drug-likeness (QED) is 0.600. The third kappa shape index (κ3) is 3.74. The summed E-state index contributed by atoms with van der Waals surface area (Å²) in [6.45, 7) is 0. The first-order chi connectivity index (χ1) is 12.3. The van der Waals surface area contributed by atoms with Crippen LogP contribution < -0.4 is 10.6 Å². The van der Waals surface area contributed by atoms with E-state index in [0.29, 0.717) is 5.69 Å². The molecule has 0 atom stereocenters. The predicted molar refractivity (Wildman–Crippen MR) is 90.7 cm³/mol. The van der Waals surface area contributed by atoms with Crippen LogP contribution in [0.1, 0.15) is 23.2 Å². The molecule has 1 aliphatic carbocycles. The molecule has 0 unspecified atom stereocenters. The number of nitrogens with one attached hydrogen (secondary N) is 2. The summed E-state index contributed by atoms with van der Waals surface area (Å²) < 4.78 is 13.8. The zero-order chi connectivity index (χ0) is 18.8. The Morgan fingerprint density at radius 1 is 1.04 bits per heavy atom. The third-order valence-electron chi connectivity index (χ3n) is 3.80. The number of carbonyl (C=O) groups excluding carboxylic acids is 1. The van der Waals surface area contributed by atoms with Gasteiger partial charge < -0.3 is 10.6 Å². The minimum absolute atomic E-state index is 0.0658. The largest absolute Gasteiger partial charge is 0.377 e. The van der Waals surface area contributed by atoms with Crippen LogP contribution in [0.25, 0.3) is 0 Å². The van der Waals surface area contributed by atoms with Crippen LogP contribution in [-0.2, 0) is 0 Å². The lowest BCUT2D eigenvalue weighted by Crippen LogP contribution is -2.14. The molecular formula is C16H13FN4O5. The molecule has 3 rings (SSSR count). The van der Waals surface area contributed by atoms with Crippen molar-refractivity contribution in [3.05, 3.63) is 68.0 Å².